The fraction of sp³-hybridized carbons (Fsp3) is 0.533. The molecule has 1 aliphatic carbocycles. The van der Waals surface area contributed by atoms with Gasteiger partial charge in [0.1, 0.15) is 12.4 Å². The predicted molar refractivity (Wildman–Crippen MR) is 69.9 cm³/mol. The average Bonchev–Trinajstić information content (AvgIpc) is 2.66. The van der Waals surface area contributed by atoms with E-state index in [1.807, 2.05) is 31.2 Å². The number of carbonyl (C=O) groups is 1. The van der Waals surface area contributed by atoms with Crippen LogP contribution in [0, 0.1) is 0 Å². The molecular formula is C15H20O3. The molecule has 0 N–H and O–H groups in total. The Balaban J connectivity index is 1.96. The first-order valence-corrected chi connectivity index (χ1v) is 6.63. The van der Waals surface area contributed by atoms with E-state index >= 15 is 0 Å². The van der Waals surface area contributed by atoms with Crippen LogP contribution in [0.1, 0.15) is 39.0 Å². The first-order valence-electron chi connectivity index (χ1n) is 6.63. The molecule has 2 rings (SSSR count). The molecule has 3 heteroatoms. The van der Waals surface area contributed by atoms with E-state index in [0.29, 0.717) is 6.61 Å². The number of rotatable bonds is 4. The lowest BCUT2D eigenvalue weighted by Crippen LogP contribution is -2.35. The Labute approximate surface area is 108 Å². The van der Waals surface area contributed by atoms with E-state index in [0.717, 1.165) is 31.4 Å². The van der Waals surface area contributed by atoms with Crippen molar-refractivity contribution in [3.63, 3.8) is 0 Å². The number of ether oxygens (including phenoxy) is 2. The standard InChI is InChI=1S/C15H20O3/c1-2-3-4-8-11-17-13-12-14(16)18-15(13)9-6-5-7-10-15/h2-4,8,12H,5-7,9-11H2,1H3/b3-2+,8-4+. The molecule has 1 fully saturated rings. The van der Waals surface area contributed by atoms with Crippen molar-refractivity contribution in [2.24, 2.45) is 0 Å². The van der Waals surface area contributed by atoms with Crippen LogP contribution in [-0.2, 0) is 14.3 Å². The van der Waals surface area contributed by atoms with Gasteiger partial charge >= 0.3 is 5.97 Å². The van der Waals surface area contributed by atoms with Crippen LogP contribution < -0.4 is 0 Å². The van der Waals surface area contributed by atoms with Crippen molar-refractivity contribution in [3.8, 4) is 0 Å². The topological polar surface area (TPSA) is 35.5 Å². The molecule has 3 nitrogen and oxygen atoms in total. The molecule has 1 heterocycles. The fourth-order valence-corrected chi connectivity index (χ4v) is 2.54. The number of hydrogen-bond acceptors (Lipinski definition) is 3. The van der Waals surface area contributed by atoms with Gasteiger partial charge in [-0.05, 0) is 38.7 Å². The van der Waals surface area contributed by atoms with Gasteiger partial charge in [0.25, 0.3) is 0 Å². The highest BCUT2D eigenvalue weighted by molar-refractivity contribution is 5.86. The van der Waals surface area contributed by atoms with Gasteiger partial charge in [0.2, 0.25) is 0 Å². The minimum absolute atomic E-state index is 0.260. The van der Waals surface area contributed by atoms with Gasteiger partial charge in [-0.15, -0.1) is 0 Å². The van der Waals surface area contributed by atoms with Crippen LogP contribution in [0.25, 0.3) is 0 Å². The predicted octanol–water partition coefficient (Wildman–Crippen LogP) is 3.28. The average molecular weight is 248 g/mol. The van der Waals surface area contributed by atoms with Crippen LogP contribution in [-0.4, -0.2) is 18.2 Å². The molecule has 0 aromatic carbocycles. The number of carbonyl (C=O) groups excluding carboxylic acids is 1. The van der Waals surface area contributed by atoms with Gasteiger partial charge in [-0.25, -0.2) is 4.79 Å². The van der Waals surface area contributed by atoms with Gasteiger partial charge < -0.3 is 9.47 Å². The zero-order valence-corrected chi connectivity index (χ0v) is 10.9. The Kier molecular flexibility index (Phi) is 4.24. The number of esters is 1. The lowest BCUT2D eigenvalue weighted by molar-refractivity contribution is -0.150. The normalized spacial score (nSPS) is 22.7. The van der Waals surface area contributed by atoms with E-state index in [2.05, 4.69) is 0 Å². The first kappa shape index (κ1) is 12.9. The quantitative estimate of drug-likeness (QED) is 0.565. The maximum absolute atomic E-state index is 11.5. The summed E-state index contributed by atoms with van der Waals surface area (Å²) < 4.78 is 11.2. The molecule has 18 heavy (non-hydrogen) atoms. The molecule has 1 saturated carbocycles. The third-order valence-corrected chi connectivity index (χ3v) is 3.43. The summed E-state index contributed by atoms with van der Waals surface area (Å²) in [6, 6.07) is 0. The highest BCUT2D eigenvalue weighted by Gasteiger charge is 2.45. The van der Waals surface area contributed by atoms with Gasteiger partial charge in [-0.3, -0.25) is 0 Å². The van der Waals surface area contributed by atoms with Crippen molar-refractivity contribution in [1.82, 2.24) is 0 Å². The minimum atomic E-state index is -0.455. The van der Waals surface area contributed by atoms with E-state index in [1.54, 1.807) is 0 Å². The Morgan fingerprint density at radius 2 is 2.11 bits per heavy atom. The molecule has 0 aromatic rings. The Morgan fingerprint density at radius 1 is 1.33 bits per heavy atom. The molecule has 0 radical (unpaired) electrons. The van der Waals surface area contributed by atoms with Gasteiger partial charge in [-0.1, -0.05) is 24.6 Å². The SMILES string of the molecule is C/C=C/C=C/COC1=CC(=O)OC12CCCCC2. The third kappa shape index (κ3) is 2.84. The van der Waals surface area contributed by atoms with E-state index in [4.69, 9.17) is 9.47 Å². The molecular weight excluding hydrogens is 228 g/mol. The van der Waals surface area contributed by atoms with Crippen molar-refractivity contribution < 1.29 is 14.3 Å². The molecule has 0 aromatic heterocycles. The highest BCUT2D eigenvalue weighted by atomic mass is 16.6. The summed E-state index contributed by atoms with van der Waals surface area (Å²) in [5.74, 6) is 0.460. The molecule has 1 spiro atoms. The van der Waals surface area contributed by atoms with Crippen molar-refractivity contribution >= 4 is 5.97 Å². The van der Waals surface area contributed by atoms with Crippen LogP contribution in [0.3, 0.4) is 0 Å². The van der Waals surface area contributed by atoms with Crippen LogP contribution in [0.4, 0.5) is 0 Å². The molecule has 0 saturated heterocycles. The molecule has 98 valence electrons. The van der Waals surface area contributed by atoms with E-state index in [9.17, 15) is 4.79 Å². The lowest BCUT2D eigenvalue weighted by Gasteiger charge is -2.33. The largest absolute Gasteiger partial charge is 0.489 e. The summed E-state index contributed by atoms with van der Waals surface area (Å²) in [6.45, 7) is 2.45. The van der Waals surface area contributed by atoms with Crippen molar-refractivity contribution in [1.29, 1.82) is 0 Å². The number of allylic oxidation sites excluding steroid dienone is 3. The number of hydrogen-bond donors (Lipinski definition) is 0. The summed E-state index contributed by atoms with van der Waals surface area (Å²) in [5, 5.41) is 0. The first-order chi connectivity index (χ1) is 8.77. The third-order valence-electron chi connectivity index (χ3n) is 3.43. The second kappa shape index (κ2) is 5.89. The van der Waals surface area contributed by atoms with E-state index in [1.165, 1.54) is 12.5 Å². The fourth-order valence-electron chi connectivity index (χ4n) is 2.54. The van der Waals surface area contributed by atoms with Crippen LogP contribution in [0.2, 0.25) is 0 Å². The van der Waals surface area contributed by atoms with Crippen molar-refractivity contribution in [3.05, 3.63) is 36.1 Å². The zero-order chi connectivity index (χ0) is 12.8. The summed E-state index contributed by atoms with van der Waals surface area (Å²) in [4.78, 5) is 11.5. The molecule has 0 amide bonds. The Hall–Kier alpha value is -1.51. The highest BCUT2D eigenvalue weighted by Crippen LogP contribution is 2.41. The maximum Gasteiger partial charge on any atom is 0.335 e. The van der Waals surface area contributed by atoms with Gasteiger partial charge in [-0.2, -0.15) is 0 Å². The van der Waals surface area contributed by atoms with Gasteiger partial charge in [0.05, 0.1) is 6.08 Å². The summed E-state index contributed by atoms with van der Waals surface area (Å²) in [6.07, 6.45) is 14.5. The maximum atomic E-state index is 11.5. The van der Waals surface area contributed by atoms with Crippen molar-refractivity contribution in [2.75, 3.05) is 6.61 Å². The lowest BCUT2D eigenvalue weighted by atomic mass is 9.84. The Morgan fingerprint density at radius 3 is 2.83 bits per heavy atom. The second-order valence-electron chi connectivity index (χ2n) is 4.75. The molecule has 1 aliphatic heterocycles. The van der Waals surface area contributed by atoms with Gasteiger partial charge in [0, 0.05) is 0 Å². The molecule has 0 unspecified atom stereocenters. The van der Waals surface area contributed by atoms with E-state index in [-0.39, 0.29) is 5.97 Å². The van der Waals surface area contributed by atoms with Crippen LogP contribution in [0.5, 0.6) is 0 Å². The van der Waals surface area contributed by atoms with Crippen molar-refractivity contribution in [2.45, 2.75) is 44.6 Å². The second-order valence-corrected chi connectivity index (χ2v) is 4.75. The van der Waals surface area contributed by atoms with Gasteiger partial charge in [0.15, 0.2) is 5.60 Å². The Bertz CT molecular complexity index is 385. The molecule has 0 bridgehead atoms. The molecule has 2 aliphatic rings. The summed E-state index contributed by atoms with van der Waals surface area (Å²) in [7, 11) is 0. The summed E-state index contributed by atoms with van der Waals surface area (Å²) >= 11 is 0. The smallest absolute Gasteiger partial charge is 0.335 e. The molecule has 0 atom stereocenters. The van der Waals surface area contributed by atoms with Crippen LogP contribution in [0.15, 0.2) is 36.1 Å². The minimum Gasteiger partial charge on any atom is -0.489 e. The zero-order valence-electron chi connectivity index (χ0n) is 10.9. The monoisotopic (exact) mass is 248 g/mol. The van der Waals surface area contributed by atoms with Crippen LogP contribution >= 0.6 is 0 Å². The summed E-state index contributed by atoms with van der Waals surface area (Å²) in [5.41, 5.74) is -0.455. The van der Waals surface area contributed by atoms with E-state index < -0.39 is 5.60 Å².